The third-order valence-corrected chi connectivity index (χ3v) is 8.83. The van der Waals surface area contributed by atoms with E-state index < -0.39 is 0 Å². The maximum absolute atomic E-state index is 2.38. The lowest BCUT2D eigenvalue weighted by Crippen LogP contribution is -1.87. The van der Waals surface area contributed by atoms with Gasteiger partial charge in [0, 0.05) is 20.2 Å². The van der Waals surface area contributed by atoms with Gasteiger partial charge in [-0.25, -0.2) is 0 Å². The van der Waals surface area contributed by atoms with Crippen molar-refractivity contribution in [1.29, 1.82) is 0 Å². The molecule has 0 atom stereocenters. The number of hydrogen-bond donors (Lipinski definition) is 0. The topological polar surface area (TPSA) is 0 Å². The lowest BCUT2D eigenvalue weighted by molar-refractivity contribution is 1.50. The predicted molar refractivity (Wildman–Crippen MR) is 159 cm³/mol. The average Bonchev–Trinajstić information content (AvgIpc) is 3.27. The molecule has 0 bridgehead atoms. The number of thiophene rings is 1. The van der Waals surface area contributed by atoms with Crippen LogP contribution in [0.4, 0.5) is 0 Å². The van der Waals surface area contributed by atoms with Crippen LogP contribution >= 0.6 is 11.3 Å². The minimum absolute atomic E-state index is 1.27. The van der Waals surface area contributed by atoms with Gasteiger partial charge in [0.25, 0.3) is 0 Å². The van der Waals surface area contributed by atoms with Crippen LogP contribution in [0, 0.1) is 20.8 Å². The molecule has 0 radical (unpaired) electrons. The molecule has 36 heavy (non-hydrogen) atoms. The molecule has 6 aromatic carbocycles. The van der Waals surface area contributed by atoms with Crippen LogP contribution in [-0.4, -0.2) is 0 Å². The van der Waals surface area contributed by atoms with Gasteiger partial charge >= 0.3 is 0 Å². The van der Waals surface area contributed by atoms with Gasteiger partial charge in [-0.2, -0.15) is 0 Å². The molecule has 0 N–H and O–H groups in total. The van der Waals surface area contributed by atoms with Gasteiger partial charge in [0.05, 0.1) is 0 Å². The molecule has 0 unspecified atom stereocenters. The Morgan fingerprint density at radius 1 is 0.472 bits per heavy atom. The highest BCUT2D eigenvalue weighted by atomic mass is 32.1. The van der Waals surface area contributed by atoms with Crippen molar-refractivity contribution in [2.75, 3.05) is 0 Å². The molecule has 0 saturated heterocycles. The molecule has 1 aromatic heterocycles. The smallest absolute Gasteiger partial charge is 0.0385 e. The fraction of sp³-hybridized carbons (Fsp3) is 0.0857. The Morgan fingerprint density at radius 3 is 2.22 bits per heavy atom. The largest absolute Gasteiger partial charge is 0.135 e. The SMILES string of the molecule is Cc1ccc2cccc(-c3cc(C)c4ccc(-c5cc(C)c6sc7ccccc7c6c5)cc4c3)c2c1. The fourth-order valence-corrected chi connectivity index (χ4v) is 6.85. The van der Waals surface area contributed by atoms with E-state index >= 15 is 0 Å². The molecule has 0 aliphatic rings. The van der Waals surface area contributed by atoms with Gasteiger partial charge < -0.3 is 0 Å². The molecule has 172 valence electrons. The second-order valence-electron chi connectivity index (χ2n) is 10.0. The molecule has 1 heteroatoms. The van der Waals surface area contributed by atoms with Crippen LogP contribution in [0.5, 0.6) is 0 Å². The molecule has 1 heterocycles. The summed E-state index contributed by atoms with van der Waals surface area (Å²) in [5.41, 5.74) is 9.09. The van der Waals surface area contributed by atoms with Crippen LogP contribution in [0.25, 0.3) is 64.0 Å². The van der Waals surface area contributed by atoms with E-state index in [4.69, 9.17) is 0 Å². The zero-order chi connectivity index (χ0) is 24.4. The zero-order valence-corrected chi connectivity index (χ0v) is 21.5. The van der Waals surface area contributed by atoms with Crippen molar-refractivity contribution in [2.45, 2.75) is 20.8 Å². The van der Waals surface area contributed by atoms with Crippen LogP contribution in [0.15, 0.2) is 103 Å². The third kappa shape index (κ3) is 3.35. The number of benzene rings is 6. The van der Waals surface area contributed by atoms with Crippen LogP contribution in [0.1, 0.15) is 16.7 Å². The summed E-state index contributed by atoms with van der Waals surface area (Å²) in [4.78, 5) is 0. The van der Waals surface area contributed by atoms with E-state index in [1.165, 1.54) is 80.7 Å². The number of fused-ring (bicyclic) bond motifs is 5. The molecule has 0 fully saturated rings. The van der Waals surface area contributed by atoms with E-state index in [-0.39, 0.29) is 0 Å². The summed E-state index contributed by atoms with van der Waals surface area (Å²) in [6, 6.07) is 38.5. The van der Waals surface area contributed by atoms with Crippen molar-refractivity contribution in [2.24, 2.45) is 0 Å². The van der Waals surface area contributed by atoms with Gasteiger partial charge in [-0.3, -0.25) is 0 Å². The van der Waals surface area contributed by atoms with Crippen molar-refractivity contribution >= 4 is 53.1 Å². The van der Waals surface area contributed by atoms with Crippen LogP contribution in [-0.2, 0) is 0 Å². The summed E-state index contributed by atoms with van der Waals surface area (Å²) in [6.45, 7) is 6.65. The van der Waals surface area contributed by atoms with Crippen LogP contribution in [0.3, 0.4) is 0 Å². The molecular weight excluding hydrogens is 452 g/mol. The maximum Gasteiger partial charge on any atom is 0.0385 e. The van der Waals surface area contributed by atoms with Crippen molar-refractivity contribution in [1.82, 2.24) is 0 Å². The summed E-state index contributed by atoms with van der Waals surface area (Å²) in [5, 5.41) is 7.93. The van der Waals surface area contributed by atoms with E-state index in [0.717, 1.165) is 0 Å². The second-order valence-corrected chi connectivity index (χ2v) is 11.1. The highest BCUT2D eigenvalue weighted by Gasteiger charge is 2.12. The van der Waals surface area contributed by atoms with E-state index in [1.807, 2.05) is 11.3 Å². The Labute approximate surface area is 215 Å². The average molecular weight is 479 g/mol. The number of rotatable bonds is 2. The van der Waals surface area contributed by atoms with Gasteiger partial charge in [-0.1, -0.05) is 78.4 Å². The first kappa shape index (κ1) is 21.4. The van der Waals surface area contributed by atoms with Crippen molar-refractivity contribution < 1.29 is 0 Å². The lowest BCUT2D eigenvalue weighted by atomic mass is 9.91. The first-order valence-electron chi connectivity index (χ1n) is 12.5. The maximum atomic E-state index is 2.38. The Hall–Kier alpha value is -3.94. The summed E-state index contributed by atoms with van der Waals surface area (Å²) in [7, 11) is 0. The van der Waals surface area contributed by atoms with E-state index in [1.54, 1.807) is 0 Å². The molecule has 0 spiro atoms. The second kappa shape index (κ2) is 8.05. The Bertz CT molecular complexity index is 1970. The summed E-state index contributed by atoms with van der Waals surface area (Å²) < 4.78 is 2.75. The van der Waals surface area contributed by atoms with Gasteiger partial charge in [0.15, 0.2) is 0 Å². The summed E-state index contributed by atoms with van der Waals surface area (Å²) in [6.07, 6.45) is 0. The Morgan fingerprint density at radius 2 is 1.31 bits per heavy atom. The summed E-state index contributed by atoms with van der Waals surface area (Å²) in [5.74, 6) is 0. The van der Waals surface area contributed by atoms with E-state index in [2.05, 4.69) is 124 Å². The van der Waals surface area contributed by atoms with Gasteiger partial charge in [0.2, 0.25) is 0 Å². The van der Waals surface area contributed by atoms with Crippen LogP contribution in [0.2, 0.25) is 0 Å². The summed E-state index contributed by atoms with van der Waals surface area (Å²) >= 11 is 1.90. The van der Waals surface area contributed by atoms with E-state index in [9.17, 15) is 0 Å². The van der Waals surface area contributed by atoms with Crippen LogP contribution < -0.4 is 0 Å². The first-order valence-corrected chi connectivity index (χ1v) is 13.3. The number of aryl methyl sites for hydroxylation is 3. The predicted octanol–water partition coefficient (Wildman–Crippen LogP) is 10.6. The molecule has 0 amide bonds. The molecule has 0 saturated carbocycles. The number of hydrogen-bond acceptors (Lipinski definition) is 1. The van der Waals surface area contributed by atoms with Gasteiger partial charge in [-0.05, 0) is 106 Å². The minimum atomic E-state index is 1.27. The van der Waals surface area contributed by atoms with Crippen molar-refractivity contribution in [3.05, 3.63) is 120 Å². The highest BCUT2D eigenvalue weighted by Crippen LogP contribution is 2.40. The molecule has 0 aliphatic heterocycles. The monoisotopic (exact) mass is 478 g/mol. The minimum Gasteiger partial charge on any atom is -0.135 e. The molecular formula is C35H26S. The highest BCUT2D eigenvalue weighted by molar-refractivity contribution is 7.26. The Kier molecular flexibility index (Phi) is 4.77. The van der Waals surface area contributed by atoms with Crippen molar-refractivity contribution in [3.63, 3.8) is 0 Å². The third-order valence-electron chi connectivity index (χ3n) is 7.51. The van der Waals surface area contributed by atoms with Gasteiger partial charge in [-0.15, -0.1) is 11.3 Å². The van der Waals surface area contributed by atoms with Gasteiger partial charge in [0.1, 0.15) is 0 Å². The molecule has 7 aromatic rings. The normalized spacial score (nSPS) is 11.8. The Balaban J connectivity index is 1.43. The first-order chi connectivity index (χ1) is 17.5. The molecule has 7 rings (SSSR count). The molecule has 0 aliphatic carbocycles. The van der Waals surface area contributed by atoms with Crippen molar-refractivity contribution in [3.8, 4) is 22.3 Å². The lowest BCUT2D eigenvalue weighted by Gasteiger charge is -2.13. The molecule has 0 nitrogen and oxygen atoms in total. The fourth-order valence-electron chi connectivity index (χ4n) is 5.70. The standard InChI is InChI=1S/C35H26S/c1-21-11-12-24-7-6-9-30(32(24)15-21)27-16-22(2)29-14-13-25(18-28(29)19-27)26-17-23(3)35-33(20-26)31-8-4-5-10-34(31)36-35/h4-20H,1-3H3. The van der Waals surface area contributed by atoms with E-state index in [0.29, 0.717) is 0 Å². The quantitative estimate of drug-likeness (QED) is 0.232. The zero-order valence-electron chi connectivity index (χ0n) is 20.7.